The standard InChI is InChI=1S/C21H18F4N4O2/c22-20(23)21(24,25)31-17-4-2-1-3-16(17)19(30)28-11-14-5-6-15(12-28)29(14)18-9-13(10-26)7-8-27-18/h1-4,7-9,14-15,20H,5-6,11-12H2. The van der Waals surface area contributed by atoms with E-state index >= 15 is 0 Å². The van der Waals surface area contributed by atoms with Gasteiger partial charge in [-0.2, -0.15) is 22.8 Å². The fraction of sp³-hybridized carbons (Fsp3) is 0.381. The number of piperazine rings is 1. The minimum Gasteiger partial charge on any atom is -0.427 e. The summed E-state index contributed by atoms with van der Waals surface area (Å²) in [7, 11) is 0. The number of fused-ring (bicyclic) bond motifs is 2. The minimum absolute atomic E-state index is 0.0558. The quantitative estimate of drug-likeness (QED) is 0.672. The van der Waals surface area contributed by atoms with E-state index in [9.17, 15) is 22.4 Å². The zero-order valence-corrected chi connectivity index (χ0v) is 16.2. The molecule has 0 N–H and O–H groups in total. The summed E-state index contributed by atoms with van der Waals surface area (Å²) in [6, 6.07) is 10.4. The summed E-state index contributed by atoms with van der Waals surface area (Å²) in [5, 5.41) is 9.13. The van der Waals surface area contributed by atoms with Gasteiger partial charge in [-0.05, 0) is 37.1 Å². The van der Waals surface area contributed by atoms with E-state index in [1.807, 2.05) is 0 Å². The Balaban J connectivity index is 1.54. The van der Waals surface area contributed by atoms with Crippen molar-refractivity contribution >= 4 is 11.7 Å². The maximum Gasteiger partial charge on any atom is 0.461 e. The van der Waals surface area contributed by atoms with Gasteiger partial charge in [0.1, 0.15) is 11.6 Å². The van der Waals surface area contributed by atoms with Crippen LogP contribution in [0.3, 0.4) is 0 Å². The van der Waals surface area contributed by atoms with Crippen molar-refractivity contribution in [2.45, 2.75) is 37.5 Å². The molecule has 2 bridgehead atoms. The lowest BCUT2D eigenvalue weighted by atomic mass is 10.1. The smallest absolute Gasteiger partial charge is 0.427 e. The summed E-state index contributed by atoms with van der Waals surface area (Å²) in [5.74, 6) is -0.495. The van der Waals surface area contributed by atoms with Crippen LogP contribution in [0.15, 0.2) is 42.6 Å². The van der Waals surface area contributed by atoms with E-state index in [-0.39, 0.29) is 17.6 Å². The Labute approximate surface area is 175 Å². The molecular formula is C21H18F4N4O2. The normalized spacial score (nSPS) is 20.6. The van der Waals surface area contributed by atoms with Crippen LogP contribution in [0.4, 0.5) is 23.4 Å². The number of aromatic nitrogens is 1. The van der Waals surface area contributed by atoms with Crippen LogP contribution in [0, 0.1) is 11.3 Å². The first-order valence-electron chi connectivity index (χ1n) is 9.68. The van der Waals surface area contributed by atoms with Crippen LogP contribution >= 0.6 is 0 Å². The lowest BCUT2D eigenvalue weighted by molar-refractivity contribution is -0.253. The number of ether oxygens (including phenoxy) is 1. The number of para-hydroxylation sites is 1. The summed E-state index contributed by atoms with van der Waals surface area (Å²) in [5.41, 5.74) is 0.286. The van der Waals surface area contributed by atoms with Crippen LogP contribution in [0.25, 0.3) is 0 Å². The molecule has 162 valence electrons. The lowest BCUT2D eigenvalue weighted by Crippen LogP contribution is -2.55. The number of hydrogen-bond acceptors (Lipinski definition) is 5. The first kappa shape index (κ1) is 20.9. The highest BCUT2D eigenvalue weighted by Gasteiger charge is 2.46. The number of anilines is 1. The van der Waals surface area contributed by atoms with Gasteiger partial charge in [0.15, 0.2) is 0 Å². The molecule has 4 rings (SSSR count). The number of pyridine rings is 1. The molecule has 1 amide bonds. The summed E-state index contributed by atoms with van der Waals surface area (Å²) in [4.78, 5) is 21.0. The molecule has 10 heteroatoms. The monoisotopic (exact) mass is 434 g/mol. The number of likely N-dealkylation sites (tertiary alicyclic amines) is 1. The molecule has 31 heavy (non-hydrogen) atoms. The number of carbonyl (C=O) groups is 1. The highest BCUT2D eigenvalue weighted by atomic mass is 19.3. The number of rotatable bonds is 5. The van der Waals surface area contributed by atoms with Gasteiger partial charge in [0.2, 0.25) is 0 Å². The van der Waals surface area contributed by atoms with Crippen molar-refractivity contribution in [3.63, 3.8) is 0 Å². The number of benzene rings is 1. The molecule has 2 fully saturated rings. The van der Waals surface area contributed by atoms with Gasteiger partial charge < -0.3 is 14.5 Å². The van der Waals surface area contributed by atoms with E-state index in [4.69, 9.17) is 5.26 Å². The zero-order chi connectivity index (χ0) is 22.2. The van der Waals surface area contributed by atoms with Crippen molar-refractivity contribution in [3.05, 3.63) is 53.7 Å². The topological polar surface area (TPSA) is 69.5 Å². The second kappa shape index (κ2) is 8.06. The van der Waals surface area contributed by atoms with E-state index in [1.54, 1.807) is 18.3 Å². The second-order valence-electron chi connectivity index (χ2n) is 7.48. The minimum atomic E-state index is -4.70. The summed E-state index contributed by atoms with van der Waals surface area (Å²) < 4.78 is 56.2. The average Bonchev–Trinajstić information content (AvgIpc) is 3.02. The van der Waals surface area contributed by atoms with Gasteiger partial charge in [-0.1, -0.05) is 12.1 Å². The molecule has 0 saturated carbocycles. The number of nitrogens with zero attached hydrogens (tertiary/aromatic N) is 4. The van der Waals surface area contributed by atoms with Crippen LogP contribution < -0.4 is 9.64 Å². The first-order valence-corrected chi connectivity index (χ1v) is 9.68. The molecule has 2 saturated heterocycles. The van der Waals surface area contributed by atoms with Crippen molar-refractivity contribution in [1.29, 1.82) is 5.26 Å². The molecule has 0 spiro atoms. The molecule has 2 unspecified atom stereocenters. The van der Waals surface area contributed by atoms with Crippen molar-refractivity contribution < 1.29 is 27.1 Å². The molecular weight excluding hydrogens is 416 g/mol. The highest BCUT2D eigenvalue weighted by molar-refractivity contribution is 5.97. The Hall–Kier alpha value is -3.35. The third-order valence-electron chi connectivity index (χ3n) is 5.53. The fourth-order valence-corrected chi connectivity index (χ4v) is 4.17. The van der Waals surface area contributed by atoms with Gasteiger partial charge in [0.05, 0.1) is 17.2 Å². The van der Waals surface area contributed by atoms with Crippen molar-refractivity contribution in [1.82, 2.24) is 9.88 Å². The predicted octanol–water partition coefficient (Wildman–Crippen LogP) is 3.68. The predicted molar refractivity (Wildman–Crippen MR) is 102 cm³/mol. The van der Waals surface area contributed by atoms with Gasteiger partial charge in [-0.3, -0.25) is 4.79 Å². The first-order chi connectivity index (χ1) is 14.8. The molecule has 2 aliphatic heterocycles. The van der Waals surface area contributed by atoms with E-state index in [0.29, 0.717) is 24.5 Å². The van der Waals surface area contributed by atoms with Crippen LogP contribution in [0.1, 0.15) is 28.8 Å². The third kappa shape index (κ3) is 4.00. The van der Waals surface area contributed by atoms with E-state index in [0.717, 1.165) is 18.9 Å². The van der Waals surface area contributed by atoms with Crippen LogP contribution in [-0.2, 0) is 0 Å². The van der Waals surface area contributed by atoms with Crippen molar-refractivity contribution in [2.24, 2.45) is 0 Å². The summed E-state index contributed by atoms with van der Waals surface area (Å²) in [6.45, 7) is 0.626. The van der Waals surface area contributed by atoms with Gasteiger partial charge in [-0.15, -0.1) is 0 Å². The van der Waals surface area contributed by atoms with Gasteiger partial charge in [0.25, 0.3) is 5.91 Å². The molecule has 0 radical (unpaired) electrons. The third-order valence-corrected chi connectivity index (χ3v) is 5.53. The number of alkyl halides is 4. The zero-order valence-electron chi connectivity index (χ0n) is 16.2. The number of halogens is 4. The van der Waals surface area contributed by atoms with Crippen LogP contribution in [0.2, 0.25) is 0 Å². The van der Waals surface area contributed by atoms with Crippen LogP contribution in [0.5, 0.6) is 5.75 Å². The van der Waals surface area contributed by atoms with Crippen molar-refractivity contribution in [2.75, 3.05) is 18.0 Å². The maximum absolute atomic E-state index is 13.4. The highest BCUT2D eigenvalue weighted by Crippen LogP contribution is 2.36. The Morgan fingerprint density at radius 3 is 2.52 bits per heavy atom. The Morgan fingerprint density at radius 2 is 1.87 bits per heavy atom. The summed E-state index contributed by atoms with van der Waals surface area (Å²) >= 11 is 0. The Morgan fingerprint density at radius 1 is 1.19 bits per heavy atom. The van der Waals surface area contributed by atoms with E-state index in [2.05, 4.69) is 20.7 Å². The average molecular weight is 434 g/mol. The number of hydrogen-bond donors (Lipinski definition) is 0. The number of amides is 1. The molecule has 6 nitrogen and oxygen atoms in total. The molecule has 3 heterocycles. The lowest BCUT2D eigenvalue weighted by Gasteiger charge is -2.42. The largest absolute Gasteiger partial charge is 0.461 e. The maximum atomic E-state index is 13.4. The van der Waals surface area contributed by atoms with Gasteiger partial charge >= 0.3 is 12.5 Å². The summed E-state index contributed by atoms with van der Waals surface area (Å²) in [6.07, 6.45) is -5.57. The Kier molecular flexibility index (Phi) is 5.43. The van der Waals surface area contributed by atoms with Gasteiger partial charge in [-0.25, -0.2) is 4.98 Å². The fourth-order valence-electron chi connectivity index (χ4n) is 4.17. The molecule has 2 atom stereocenters. The van der Waals surface area contributed by atoms with E-state index in [1.165, 1.54) is 23.1 Å². The molecule has 1 aromatic heterocycles. The van der Waals surface area contributed by atoms with Crippen LogP contribution in [-0.4, -0.2) is 53.5 Å². The van der Waals surface area contributed by atoms with Crippen molar-refractivity contribution in [3.8, 4) is 11.8 Å². The van der Waals surface area contributed by atoms with Gasteiger partial charge in [0, 0.05) is 31.4 Å². The molecule has 2 aromatic rings. The van der Waals surface area contributed by atoms with E-state index < -0.39 is 24.2 Å². The second-order valence-corrected chi connectivity index (χ2v) is 7.48. The molecule has 0 aliphatic carbocycles. The molecule has 2 aliphatic rings. The Bertz CT molecular complexity index is 1010. The number of nitriles is 1. The molecule has 1 aromatic carbocycles. The number of carbonyl (C=O) groups excluding carboxylic acids is 1. The SMILES string of the molecule is N#Cc1ccnc(N2C3CCC2CN(C(=O)c2ccccc2OC(F)(F)C(F)F)C3)c1.